The molecule has 1 unspecified atom stereocenters. The van der Waals surface area contributed by atoms with Crippen molar-refractivity contribution in [3.8, 4) is 0 Å². The number of carboxylic acid groups (broad SMARTS) is 1. The first-order valence-corrected chi connectivity index (χ1v) is 5.38. The molecule has 3 fully saturated rings. The van der Waals surface area contributed by atoms with E-state index < -0.39 is 12.0 Å². The predicted octanol–water partition coefficient (Wildman–Crippen LogP) is 1.61. The van der Waals surface area contributed by atoms with Gasteiger partial charge in [-0.25, -0.2) is 0 Å². The Morgan fingerprint density at radius 3 is 2.29 bits per heavy atom. The lowest BCUT2D eigenvalue weighted by Crippen LogP contribution is -2.70. The fraction of sp³-hybridized carbons (Fsp3) is 0.909. The summed E-state index contributed by atoms with van der Waals surface area (Å²) in [7, 11) is 0. The molecular formula is C11H19NO2. The molecule has 1 atom stereocenters. The zero-order valence-electron chi connectivity index (χ0n) is 8.92. The maximum Gasteiger partial charge on any atom is 0.321 e. The minimum absolute atomic E-state index is 0.0271. The average Bonchev–Trinajstić information content (AvgIpc) is 1.91. The highest BCUT2D eigenvalue weighted by Gasteiger charge is 2.70. The number of carboxylic acids is 1. The lowest BCUT2D eigenvalue weighted by Gasteiger charge is -2.73. The molecule has 0 heterocycles. The topological polar surface area (TPSA) is 63.3 Å². The summed E-state index contributed by atoms with van der Waals surface area (Å²) in [4.78, 5) is 10.8. The van der Waals surface area contributed by atoms with Gasteiger partial charge in [0.15, 0.2) is 0 Å². The van der Waals surface area contributed by atoms with Crippen LogP contribution in [-0.4, -0.2) is 17.1 Å². The minimum atomic E-state index is -0.831. The van der Waals surface area contributed by atoms with Crippen molar-refractivity contribution in [2.45, 2.75) is 45.6 Å². The average molecular weight is 197 g/mol. The number of hydrogen-bond acceptors (Lipinski definition) is 2. The molecule has 0 amide bonds. The molecule has 0 spiro atoms. The predicted molar refractivity (Wildman–Crippen MR) is 53.8 cm³/mol. The molecule has 0 aromatic heterocycles. The van der Waals surface area contributed by atoms with Crippen LogP contribution in [-0.2, 0) is 4.79 Å². The van der Waals surface area contributed by atoms with Gasteiger partial charge in [-0.1, -0.05) is 13.8 Å². The van der Waals surface area contributed by atoms with Gasteiger partial charge in [0.1, 0.15) is 6.04 Å². The van der Waals surface area contributed by atoms with Crippen molar-refractivity contribution in [1.29, 1.82) is 0 Å². The van der Waals surface area contributed by atoms with Crippen LogP contribution in [0.1, 0.15) is 39.5 Å². The van der Waals surface area contributed by atoms with Crippen molar-refractivity contribution in [2.24, 2.45) is 22.5 Å². The second-order valence-corrected chi connectivity index (χ2v) is 5.81. The summed E-state index contributed by atoms with van der Waals surface area (Å²) in [6.45, 7) is 4.45. The lowest BCUT2D eigenvalue weighted by atomic mass is 9.32. The first-order valence-electron chi connectivity index (χ1n) is 5.38. The number of carbonyl (C=O) groups is 1. The minimum Gasteiger partial charge on any atom is -0.480 e. The lowest BCUT2D eigenvalue weighted by molar-refractivity contribution is -0.227. The number of rotatable bonds is 4. The van der Waals surface area contributed by atoms with Crippen LogP contribution in [0, 0.1) is 16.7 Å². The normalized spacial score (nSPS) is 41.4. The largest absolute Gasteiger partial charge is 0.480 e. The molecule has 3 aliphatic carbocycles. The Morgan fingerprint density at radius 2 is 1.93 bits per heavy atom. The Bertz CT molecular complexity index is 253. The first kappa shape index (κ1) is 9.97. The summed E-state index contributed by atoms with van der Waals surface area (Å²) in [5.41, 5.74) is 6.13. The second-order valence-electron chi connectivity index (χ2n) is 5.81. The van der Waals surface area contributed by atoms with Gasteiger partial charge < -0.3 is 10.8 Å². The van der Waals surface area contributed by atoms with Crippen molar-refractivity contribution in [3.63, 3.8) is 0 Å². The molecule has 14 heavy (non-hydrogen) atoms. The van der Waals surface area contributed by atoms with E-state index in [1.807, 2.05) is 0 Å². The summed E-state index contributed by atoms with van der Waals surface area (Å²) in [5.74, 6) is -0.114. The maximum absolute atomic E-state index is 10.8. The van der Waals surface area contributed by atoms with Crippen LogP contribution in [0.2, 0.25) is 0 Å². The molecule has 2 bridgehead atoms. The summed E-state index contributed by atoms with van der Waals surface area (Å²) in [6.07, 6.45) is 4.38. The summed E-state index contributed by atoms with van der Waals surface area (Å²) >= 11 is 0. The van der Waals surface area contributed by atoms with Gasteiger partial charge >= 0.3 is 5.97 Å². The Kier molecular flexibility index (Phi) is 1.94. The fourth-order valence-electron chi connectivity index (χ4n) is 3.76. The SMILES string of the molecule is CC(C)CC12CC(C(N)C(=O)O)(C1)C2. The Balaban J connectivity index is 1.91. The number of aliphatic carboxylic acids is 1. The molecule has 3 N–H and O–H groups in total. The van der Waals surface area contributed by atoms with Gasteiger partial charge in [-0.3, -0.25) is 4.79 Å². The van der Waals surface area contributed by atoms with Gasteiger partial charge in [0.2, 0.25) is 0 Å². The molecular weight excluding hydrogens is 178 g/mol. The third-order valence-corrected chi connectivity index (χ3v) is 3.95. The molecule has 3 aliphatic rings. The van der Waals surface area contributed by atoms with Crippen LogP contribution in [0.15, 0.2) is 0 Å². The van der Waals surface area contributed by atoms with Crippen molar-refractivity contribution >= 4 is 5.97 Å². The molecule has 0 aromatic rings. The zero-order valence-corrected chi connectivity index (χ0v) is 8.92. The van der Waals surface area contributed by atoms with E-state index in [9.17, 15) is 4.79 Å². The molecule has 0 aliphatic heterocycles. The van der Waals surface area contributed by atoms with E-state index >= 15 is 0 Å². The van der Waals surface area contributed by atoms with Crippen molar-refractivity contribution in [1.82, 2.24) is 0 Å². The van der Waals surface area contributed by atoms with E-state index in [2.05, 4.69) is 13.8 Å². The van der Waals surface area contributed by atoms with Crippen LogP contribution in [0.25, 0.3) is 0 Å². The number of nitrogens with two attached hydrogens (primary N) is 1. The van der Waals surface area contributed by atoms with Crippen molar-refractivity contribution < 1.29 is 9.90 Å². The molecule has 80 valence electrons. The Hall–Kier alpha value is -0.570. The van der Waals surface area contributed by atoms with Crippen LogP contribution >= 0.6 is 0 Å². The first-order chi connectivity index (χ1) is 6.39. The molecule has 3 saturated carbocycles. The zero-order chi connectivity index (χ0) is 10.6. The van der Waals surface area contributed by atoms with Gasteiger partial charge in [-0.2, -0.15) is 0 Å². The third kappa shape index (κ3) is 1.18. The maximum atomic E-state index is 10.8. The van der Waals surface area contributed by atoms with Gasteiger partial charge in [0.25, 0.3) is 0 Å². The molecule has 0 radical (unpaired) electrons. The van der Waals surface area contributed by atoms with Crippen LogP contribution in [0.3, 0.4) is 0 Å². The highest BCUT2D eigenvalue weighted by atomic mass is 16.4. The van der Waals surface area contributed by atoms with Crippen LogP contribution < -0.4 is 5.73 Å². The molecule has 3 rings (SSSR count). The quantitative estimate of drug-likeness (QED) is 0.719. The standard InChI is InChI=1S/C11H19NO2/c1-7(2)3-10-4-11(5-10,6-10)8(12)9(13)14/h7-8H,3-6,12H2,1-2H3,(H,13,14). The fourth-order valence-corrected chi connectivity index (χ4v) is 3.76. The summed E-state index contributed by atoms with van der Waals surface area (Å²) < 4.78 is 0. The van der Waals surface area contributed by atoms with Gasteiger partial charge in [0.05, 0.1) is 0 Å². The van der Waals surface area contributed by atoms with Crippen LogP contribution in [0.5, 0.6) is 0 Å². The van der Waals surface area contributed by atoms with Gasteiger partial charge in [0, 0.05) is 0 Å². The number of hydrogen-bond donors (Lipinski definition) is 2. The van der Waals surface area contributed by atoms with Crippen LogP contribution in [0.4, 0.5) is 0 Å². The smallest absolute Gasteiger partial charge is 0.321 e. The molecule has 3 heteroatoms. The third-order valence-electron chi connectivity index (χ3n) is 3.95. The van der Waals surface area contributed by atoms with E-state index in [0.717, 1.165) is 19.3 Å². The highest BCUT2D eigenvalue weighted by Crippen LogP contribution is 2.76. The van der Waals surface area contributed by atoms with E-state index in [4.69, 9.17) is 10.8 Å². The second kappa shape index (κ2) is 2.72. The molecule has 0 aromatic carbocycles. The molecule has 3 nitrogen and oxygen atoms in total. The van der Waals surface area contributed by atoms with Gasteiger partial charge in [-0.15, -0.1) is 0 Å². The summed E-state index contributed by atoms with van der Waals surface area (Å²) in [6, 6.07) is -0.628. The van der Waals surface area contributed by atoms with E-state index in [-0.39, 0.29) is 5.41 Å². The monoisotopic (exact) mass is 197 g/mol. The van der Waals surface area contributed by atoms with E-state index in [1.165, 1.54) is 6.42 Å². The Labute approximate surface area is 84.7 Å². The Morgan fingerprint density at radius 1 is 1.43 bits per heavy atom. The van der Waals surface area contributed by atoms with Gasteiger partial charge in [-0.05, 0) is 42.4 Å². The van der Waals surface area contributed by atoms with E-state index in [1.54, 1.807) is 0 Å². The molecule has 0 saturated heterocycles. The summed E-state index contributed by atoms with van der Waals surface area (Å²) in [5, 5.41) is 8.85. The van der Waals surface area contributed by atoms with Crippen molar-refractivity contribution in [2.75, 3.05) is 0 Å². The van der Waals surface area contributed by atoms with E-state index in [0.29, 0.717) is 11.3 Å². The van der Waals surface area contributed by atoms with Crippen molar-refractivity contribution in [3.05, 3.63) is 0 Å². The highest BCUT2D eigenvalue weighted by molar-refractivity contribution is 5.75.